The zero-order valence-corrected chi connectivity index (χ0v) is 14.8. The second kappa shape index (κ2) is 6.23. The molecule has 0 unspecified atom stereocenters. The van der Waals surface area contributed by atoms with Gasteiger partial charge < -0.3 is 9.31 Å². The van der Waals surface area contributed by atoms with E-state index in [4.69, 9.17) is 9.31 Å². The van der Waals surface area contributed by atoms with Gasteiger partial charge in [0.25, 0.3) is 0 Å². The molecule has 120 valence electrons. The smallest absolute Gasteiger partial charge is 0.393 e. The number of hydrogen-bond acceptors (Lipinski definition) is 4. The summed E-state index contributed by atoms with van der Waals surface area (Å²) in [5.74, 6) is 0. The summed E-state index contributed by atoms with van der Waals surface area (Å²) in [7, 11) is 0. The van der Waals surface area contributed by atoms with Crippen LogP contribution in [0.2, 0.25) is 0 Å². The van der Waals surface area contributed by atoms with Crippen molar-refractivity contribution in [3.05, 3.63) is 60.7 Å². The van der Waals surface area contributed by atoms with Crippen LogP contribution in [0.4, 0.5) is 11.4 Å². The summed E-state index contributed by atoms with van der Waals surface area (Å²) >= 11 is 1.55. The first-order valence-corrected chi connectivity index (χ1v) is 8.65. The van der Waals surface area contributed by atoms with Gasteiger partial charge in [-0.15, -0.1) is 0 Å². The predicted molar refractivity (Wildman–Crippen MR) is 98.7 cm³/mol. The quantitative estimate of drug-likeness (QED) is 0.578. The number of rotatable bonds is 4. The van der Waals surface area contributed by atoms with Gasteiger partial charge in [0.15, 0.2) is 0 Å². The fourth-order valence-corrected chi connectivity index (χ4v) is 3.54. The minimum absolute atomic E-state index is 0.330. The van der Waals surface area contributed by atoms with Crippen molar-refractivity contribution in [3.63, 3.8) is 0 Å². The Morgan fingerprint density at radius 2 is 1.13 bits per heavy atom. The third-order valence-corrected chi connectivity index (χ3v) is 5.40. The first-order chi connectivity index (χ1) is 10.9. The number of para-hydroxylation sites is 2. The maximum Gasteiger partial charge on any atom is 0.554 e. The molecule has 2 aromatic carbocycles. The van der Waals surface area contributed by atoms with E-state index in [1.54, 1.807) is 11.8 Å². The molecule has 1 aliphatic rings. The summed E-state index contributed by atoms with van der Waals surface area (Å²) in [6, 6.07) is 20.5. The summed E-state index contributed by atoms with van der Waals surface area (Å²) in [5, 5.41) is 0. The lowest BCUT2D eigenvalue weighted by molar-refractivity contribution is 0.00578. The van der Waals surface area contributed by atoms with Gasteiger partial charge >= 0.3 is 6.40 Å². The van der Waals surface area contributed by atoms with Gasteiger partial charge in [-0.25, -0.2) is 0 Å². The van der Waals surface area contributed by atoms with Gasteiger partial charge in [0, 0.05) is 0 Å². The van der Waals surface area contributed by atoms with E-state index in [9.17, 15) is 0 Å². The molecule has 0 spiro atoms. The van der Waals surface area contributed by atoms with Crippen LogP contribution in [0.15, 0.2) is 60.7 Å². The molecule has 0 amide bonds. The zero-order valence-electron chi connectivity index (χ0n) is 14.0. The molecule has 0 saturated carbocycles. The standard InChI is InChI=1S/C18H22BNO2S/c1-17(2)18(3,4)22-19(21-17)23-20(15-11-7-5-8-12-15)16-13-9-6-10-14-16/h5-14H,1-4H3. The molecular weight excluding hydrogens is 305 g/mol. The number of benzene rings is 2. The van der Waals surface area contributed by atoms with E-state index in [2.05, 4.69) is 56.3 Å². The summed E-state index contributed by atoms with van der Waals surface area (Å²) in [4.78, 5) is 0. The van der Waals surface area contributed by atoms with Crippen molar-refractivity contribution in [3.8, 4) is 0 Å². The monoisotopic (exact) mass is 327 g/mol. The van der Waals surface area contributed by atoms with Crippen molar-refractivity contribution >= 4 is 29.6 Å². The number of hydrogen-bond donors (Lipinski definition) is 0. The van der Waals surface area contributed by atoms with E-state index < -0.39 is 0 Å². The number of nitrogens with zero attached hydrogens (tertiary/aromatic N) is 1. The average molecular weight is 327 g/mol. The maximum atomic E-state index is 6.14. The summed E-state index contributed by atoms with van der Waals surface area (Å²) in [6.07, 6.45) is -0.347. The topological polar surface area (TPSA) is 21.7 Å². The van der Waals surface area contributed by atoms with Gasteiger partial charge in [-0.1, -0.05) is 36.4 Å². The maximum absolute atomic E-state index is 6.14. The van der Waals surface area contributed by atoms with Gasteiger partial charge in [-0.2, -0.15) is 0 Å². The van der Waals surface area contributed by atoms with Crippen molar-refractivity contribution in [1.29, 1.82) is 0 Å². The highest BCUT2D eigenvalue weighted by atomic mass is 32.2. The molecule has 1 aliphatic heterocycles. The third kappa shape index (κ3) is 3.42. The normalized spacial score (nSPS) is 18.9. The van der Waals surface area contributed by atoms with Crippen LogP contribution in [0, 0.1) is 0 Å². The molecule has 1 saturated heterocycles. The van der Waals surface area contributed by atoms with E-state index in [0.29, 0.717) is 0 Å². The third-order valence-electron chi connectivity index (χ3n) is 4.40. The van der Waals surface area contributed by atoms with Crippen molar-refractivity contribution in [1.82, 2.24) is 0 Å². The van der Waals surface area contributed by atoms with Crippen LogP contribution in [0.3, 0.4) is 0 Å². The first kappa shape index (κ1) is 16.4. The van der Waals surface area contributed by atoms with Gasteiger partial charge in [-0.05, 0) is 63.8 Å². The van der Waals surface area contributed by atoms with Gasteiger partial charge in [0.2, 0.25) is 0 Å². The fraction of sp³-hybridized carbons (Fsp3) is 0.333. The molecule has 1 heterocycles. The van der Waals surface area contributed by atoms with Crippen molar-refractivity contribution in [2.45, 2.75) is 38.9 Å². The molecular formula is C18H22BNO2S. The Morgan fingerprint density at radius 1 is 0.739 bits per heavy atom. The van der Waals surface area contributed by atoms with Crippen molar-refractivity contribution in [2.75, 3.05) is 4.31 Å². The van der Waals surface area contributed by atoms with Crippen molar-refractivity contribution < 1.29 is 9.31 Å². The first-order valence-electron chi connectivity index (χ1n) is 7.82. The average Bonchev–Trinajstić information content (AvgIpc) is 2.74. The summed E-state index contributed by atoms with van der Waals surface area (Å²) in [6.45, 7) is 8.29. The lowest BCUT2D eigenvalue weighted by Gasteiger charge is -2.32. The van der Waals surface area contributed by atoms with E-state index in [0.717, 1.165) is 11.4 Å². The van der Waals surface area contributed by atoms with Gasteiger partial charge in [0.05, 0.1) is 22.6 Å². The molecule has 0 aliphatic carbocycles. The minimum Gasteiger partial charge on any atom is -0.393 e. The Morgan fingerprint density at radius 3 is 1.52 bits per heavy atom. The molecule has 0 aromatic heterocycles. The Balaban J connectivity index is 1.87. The largest absolute Gasteiger partial charge is 0.554 e. The Bertz CT molecular complexity index is 593. The van der Waals surface area contributed by atoms with Crippen LogP contribution < -0.4 is 4.31 Å². The number of anilines is 2. The lowest BCUT2D eigenvalue weighted by Crippen LogP contribution is -2.41. The Kier molecular flexibility index (Phi) is 4.45. The highest BCUT2D eigenvalue weighted by Gasteiger charge is 2.52. The molecule has 2 aromatic rings. The minimum atomic E-state index is -0.347. The highest BCUT2D eigenvalue weighted by Crippen LogP contribution is 2.43. The molecule has 5 heteroatoms. The molecule has 0 atom stereocenters. The second-order valence-corrected chi connectivity index (χ2v) is 7.58. The Hall–Kier alpha value is -1.43. The fourth-order valence-electron chi connectivity index (χ4n) is 2.32. The lowest BCUT2D eigenvalue weighted by atomic mass is 9.90. The second-order valence-electron chi connectivity index (χ2n) is 6.62. The molecule has 0 bridgehead atoms. The van der Waals surface area contributed by atoms with Crippen LogP contribution in [0.5, 0.6) is 0 Å². The van der Waals surface area contributed by atoms with Crippen LogP contribution >= 0.6 is 11.8 Å². The molecule has 3 nitrogen and oxygen atoms in total. The highest BCUT2D eigenvalue weighted by molar-refractivity contribution is 8.25. The Labute approximate surface area is 143 Å². The molecule has 23 heavy (non-hydrogen) atoms. The van der Waals surface area contributed by atoms with Crippen LogP contribution in [-0.2, 0) is 9.31 Å². The molecule has 1 fully saturated rings. The van der Waals surface area contributed by atoms with E-state index in [-0.39, 0.29) is 17.6 Å². The van der Waals surface area contributed by atoms with Gasteiger partial charge in [-0.3, -0.25) is 4.31 Å². The SMILES string of the molecule is CC1(C)OB(SN(c2ccccc2)c2ccccc2)OC1(C)C. The van der Waals surface area contributed by atoms with E-state index in [1.807, 2.05) is 36.4 Å². The molecule has 0 radical (unpaired) electrons. The summed E-state index contributed by atoms with van der Waals surface area (Å²) in [5.41, 5.74) is 1.53. The van der Waals surface area contributed by atoms with Crippen LogP contribution in [0.1, 0.15) is 27.7 Å². The van der Waals surface area contributed by atoms with E-state index in [1.165, 1.54) is 0 Å². The van der Waals surface area contributed by atoms with Crippen LogP contribution in [0.25, 0.3) is 0 Å². The predicted octanol–water partition coefficient (Wildman–Crippen LogP) is 5.06. The zero-order chi connectivity index (χ0) is 16.5. The molecule has 0 N–H and O–H groups in total. The van der Waals surface area contributed by atoms with Gasteiger partial charge in [0.1, 0.15) is 0 Å². The van der Waals surface area contributed by atoms with E-state index >= 15 is 0 Å². The van der Waals surface area contributed by atoms with Crippen LogP contribution in [-0.4, -0.2) is 17.6 Å². The summed E-state index contributed by atoms with van der Waals surface area (Å²) < 4.78 is 14.4. The van der Waals surface area contributed by atoms with Crippen molar-refractivity contribution in [2.24, 2.45) is 0 Å². The molecule has 3 rings (SSSR count).